The molecule has 1 aliphatic rings. The standard InChI is InChI=1S/C12H17NO3/c14-8-7-13(10-3-4-10)12(15)6-5-11-2-1-9-16-11/h1-2,9-10,14H,3-8H2. The summed E-state index contributed by atoms with van der Waals surface area (Å²) in [5, 5.41) is 8.90. The molecular weight excluding hydrogens is 206 g/mol. The van der Waals surface area contributed by atoms with Gasteiger partial charge in [0, 0.05) is 25.4 Å². The van der Waals surface area contributed by atoms with E-state index >= 15 is 0 Å². The maximum atomic E-state index is 11.9. The van der Waals surface area contributed by atoms with E-state index in [0.717, 1.165) is 18.6 Å². The summed E-state index contributed by atoms with van der Waals surface area (Å²) in [7, 11) is 0. The molecule has 1 aromatic rings. The fourth-order valence-electron chi connectivity index (χ4n) is 1.83. The lowest BCUT2D eigenvalue weighted by molar-refractivity contribution is -0.132. The minimum atomic E-state index is 0.0446. The summed E-state index contributed by atoms with van der Waals surface area (Å²) in [5.74, 6) is 0.959. The summed E-state index contributed by atoms with van der Waals surface area (Å²) in [6.45, 7) is 0.505. The van der Waals surface area contributed by atoms with Crippen molar-refractivity contribution in [1.82, 2.24) is 4.90 Å². The fraction of sp³-hybridized carbons (Fsp3) is 0.583. The number of aliphatic hydroxyl groups is 1. The molecule has 1 aromatic heterocycles. The second-order valence-corrected chi connectivity index (χ2v) is 4.12. The van der Waals surface area contributed by atoms with Crippen molar-refractivity contribution in [3.63, 3.8) is 0 Å². The zero-order valence-electron chi connectivity index (χ0n) is 9.26. The number of amides is 1. The average molecular weight is 223 g/mol. The number of aliphatic hydroxyl groups excluding tert-OH is 1. The average Bonchev–Trinajstić information content (AvgIpc) is 2.99. The van der Waals surface area contributed by atoms with Crippen LogP contribution in [0.3, 0.4) is 0 Å². The molecule has 0 aliphatic heterocycles. The molecule has 1 aliphatic carbocycles. The number of aryl methyl sites for hydroxylation is 1. The van der Waals surface area contributed by atoms with Gasteiger partial charge < -0.3 is 14.4 Å². The Labute approximate surface area is 94.9 Å². The van der Waals surface area contributed by atoms with Crippen LogP contribution in [-0.4, -0.2) is 35.1 Å². The quantitative estimate of drug-likeness (QED) is 0.788. The van der Waals surface area contributed by atoms with E-state index in [4.69, 9.17) is 9.52 Å². The van der Waals surface area contributed by atoms with Crippen LogP contribution >= 0.6 is 0 Å². The van der Waals surface area contributed by atoms with Gasteiger partial charge in [-0.2, -0.15) is 0 Å². The highest BCUT2D eigenvalue weighted by Crippen LogP contribution is 2.27. The highest BCUT2D eigenvalue weighted by Gasteiger charge is 2.31. The van der Waals surface area contributed by atoms with Crippen LogP contribution in [0.5, 0.6) is 0 Å². The van der Waals surface area contributed by atoms with Gasteiger partial charge in [-0.15, -0.1) is 0 Å². The number of carbonyl (C=O) groups is 1. The molecule has 0 radical (unpaired) electrons. The molecule has 88 valence electrons. The Hall–Kier alpha value is -1.29. The highest BCUT2D eigenvalue weighted by molar-refractivity contribution is 5.77. The number of hydrogen-bond donors (Lipinski definition) is 1. The number of nitrogens with zero attached hydrogens (tertiary/aromatic N) is 1. The van der Waals surface area contributed by atoms with E-state index in [1.807, 2.05) is 12.1 Å². The molecule has 0 spiro atoms. The van der Waals surface area contributed by atoms with E-state index in [2.05, 4.69) is 0 Å². The molecule has 0 bridgehead atoms. The van der Waals surface area contributed by atoms with Gasteiger partial charge in [-0.05, 0) is 25.0 Å². The molecule has 1 saturated carbocycles. The first kappa shape index (κ1) is 11.2. The maximum Gasteiger partial charge on any atom is 0.223 e. The van der Waals surface area contributed by atoms with Crippen LogP contribution in [0.25, 0.3) is 0 Å². The lowest BCUT2D eigenvalue weighted by atomic mass is 10.2. The Bertz CT molecular complexity index is 330. The number of rotatable bonds is 6. The van der Waals surface area contributed by atoms with Gasteiger partial charge in [0.2, 0.25) is 5.91 Å². The van der Waals surface area contributed by atoms with E-state index in [0.29, 0.717) is 25.4 Å². The molecule has 0 saturated heterocycles. The van der Waals surface area contributed by atoms with Gasteiger partial charge in [-0.25, -0.2) is 0 Å². The summed E-state index contributed by atoms with van der Waals surface area (Å²) in [4.78, 5) is 13.7. The first-order valence-corrected chi connectivity index (χ1v) is 5.74. The summed E-state index contributed by atoms with van der Waals surface area (Å²) in [5.41, 5.74) is 0. The van der Waals surface area contributed by atoms with Crippen LogP contribution in [-0.2, 0) is 11.2 Å². The van der Waals surface area contributed by atoms with Crippen LogP contribution in [0.1, 0.15) is 25.0 Å². The van der Waals surface area contributed by atoms with Crippen molar-refractivity contribution in [2.24, 2.45) is 0 Å². The summed E-state index contributed by atoms with van der Waals surface area (Å²) >= 11 is 0. The molecule has 16 heavy (non-hydrogen) atoms. The van der Waals surface area contributed by atoms with Gasteiger partial charge >= 0.3 is 0 Å². The van der Waals surface area contributed by atoms with Crippen LogP contribution in [0.4, 0.5) is 0 Å². The molecule has 4 nitrogen and oxygen atoms in total. The molecule has 1 N–H and O–H groups in total. The van der Waals surface area contributed by atoms with Crippen molar-refractivity contribution in [1.29, 1.82) is 0 Å². The molecule has 4 heteroatoms. The van der Waals surface area contributed by atoms with Gasteiger partial charge in [0.15, 0.2) is 0 Å². The van der Waals surface area contributed by atoms with E-state index in [-0.39, 0.29) is 12.5 Å². The first-order chi connectivity index (χ1) is 7.81. The molecule has 1 fully saturated rings. The molecule has 0 aromatic carbocycles. The predicted octanol–water partition coefficient (Wildman–Crippen LogP) is 1.20. The minimum absolute atomic E-state index is 0.0446. The third-order valence-electron chi connectivity index (χ3n) is 2.81. The van der Waals surface area contributed by atoms with Crippen molar-refractivity contribution in [2.45, 2.75) is 31.7 Å². The largest absolute Gasteiger partial charge is 0.469 e. The SMILES string of the molecule is O=C(CCc1ccco1)N(CCO)C1CC1. The number of furan rings is 1. The monoisotopic (exact) mass is 223 g/mol. The van der Waals surface area contributed by atoms with Gasteiger partial charge in [-0.1, -0.05) is 0 Å². The third-order valence-corrected chi connectivity index (χ3v) is 2.81. The molecular formula is C12H17NO3. The Balaban J connectivity index is 1.81. The Morgan fingerprint density at radius 1 is 1.56 bits per heavy atom. The van der Waals surface area contributed by atoms with Crippen LogP contribution in [0.2, 0.25) is 0 Å². The number of carbonyl (C=O) groups excluding carboxylic acids is 1. The summed E-state index contributed by atoms with van der Waals surface area (Å²) < 4.78 is 5.18. The molecule has 0 unspecified atom stereocenters. The Morgan fingerprint density at radius 2 is 2.38 bits per heavy atom. The van der Waals surface area contributed by atoms with Crippen LogP contribution < -0.4 is 0 Å². The Kier molecular flexibility index (Phi) is 3.62. The van der Waals surface area contributed by atoms with Gasteiger partial charge in [0.05, 0.1) is 12.9 Å². The molecule has 1 heterocycles. The van der Waals surface area contributed by atoms with Crippen molar-refractivity contribution < 1.29 is 14.3 Å². The van der Waals surface area contributed by atoms with E-state index < -0.39 is 0 Å². The molecule has 2 rings (SSSR count). The van der Waals surface area contributed by atoms with Crippen molar-refractivity contribution >= 4 is 5.91 Å². The van der Waals surface area contributed by atoms with Crippen LogP contribution in [0.15, 0.2) is 22.8 Å². The Morgan fingerprint density at radius 3 is 2.94 bits per heavy atom. The smallest absolute Gasteiger partial charge is 0.223 e. The highest BCUT2D eigenvalue weighted by atomic mass is 16.3. The van der Waals surface area contributed by atoms with Gasteiger partial charge in [-0.3, -0.25) is 4.79 Å². The molecule has 1 amide bonds. The lowest BCUT2D eigenvalue weighted by Crippen LogP contribution is -2.35. The third kappa shape index (κ3) is 2.85. The van der Waals surface area contributed by atoms with Crippen LogP contribution in [0, 0.1) is 0 Å². The topological polar surface area (TPSA) is 53.7 Å². The normalized spacial score (nSPS) is 15.1. The van der Waals surface area contributed by atoms with Gasteiger partial charge in [0.25, 0.3) is 0 Å². The summed E-state index contributed by atoms with van der Waals surface area (Å²) in [6, 6.07) is 4.07. The van der Waals surface area contributed by atoms with Gasteiger partial charge in [0.1, 0.15) is 5.76 Å². The second-order valence-electron chi connectivity index (χ2n) is 4.12. The summed E-state index contributed by atoms with van der Waals surface area (Å²) in [6.07, 6.45) is 4.87. The van der Waals surface area contributed by atoms with Crippen molar-refractivity contribution in [3.8, 4) is 0 Å². The molecule has 0 atom stereocenters. The van der Waals surface area contributed by atoms with E-state index in [1.54, 1.807) is 11.2 Å². The first-order valence-electron chi connectivity index (χ1n) is 5.74. The van der Waals surface area contributed by atoms with E-state index in [9.17, 15) is 4.79 Å². The minimum Gasteiger partial charge on any atom is -0.469 e. The predicted molar refractivity (Wildman–Crippen MR) is 58.8 cm³/mol. The fourth-order valence-corrected chi connectivity index (χ4v) is 1.83. The number of hydrogen-bond acceptors (Lipinski definition) is 3. The zero-order valence-corrected chi connectivity index (χ0v) is 9.26. The lowest BCUT2D eigenvalue weighted by Gasteiger charge is -2.20. The second kappa shape index (κ2) is 5.16. The van der Waals surface area contributed by atoms with E-state index in [1.165, 1.54) is 0 Å². The zero-order chi connectivity index (χ0) is 11.4. The maximum absolute atomic E-state index is 11.9. The van der Waals surface area contributed by atoms with Crippen molar-refractivity contribution in [3.05, 3.63) is 24.2 Å². The van der Waals surface area contributed by atoms with Crippen molar-refractivity contribution in [2.75, 3.05) is 13.2 Å².